The van der Waals surface area contributed by atoms with Gasteiger partial charge in [0.15, 0.2) is 5.96 Å². The van der Waals surface area contributed by atoms with Gasteiger partial charge in [0.05, 0.1) is 27.3 Å². The highest BCUT2D eigenvalue weighted by atomic mass is 16.5. The van der Waals surface area contributed by atoms with Gasteiger partial charge in [0, 0.05) is 12.1 Å². The summed E-state index contributed by atoms with van der Waals surface area (Å²) in [7, 11) is 3.16. The number of benzene rings is 2. The van der Waals surface area contributed by atoms with Crippen molar-refractivity contribution in [2.24, 2.45) is 4.99 Å². The summed E-state index contributed by atoms with van der Waals surface area (Å²) < 4.78 is 16.3. The van der Waals surface area contributed by atoms with Crippen LogP contribution in [-0.4, -0.2) is 51.5 Å². The lowest BCUT2D eigenvalue weighted by Crippen LogP contribution is -2.39. The van der Waals surface area contributed by atoms with Gasteiger partial charge in [-0.05, 0) is 44.2 Å². The van der Waals surface area contributed by atoms with Crippen LogP contribution < -0.4 is 24.8 Å². The fourth-order valence-electron chi connectivity index (χ4n) is 2.69. The number of hydrogen-bond donors (Lipinski definition) is 3. The first-order chi connectivity index (χ1) is 14.1. The van der Waals surface area contributed by atoms with Crippen molar-refractivity contribution in [3.05, 3.63) is 53.6 Å². The quantitative estimate of drug-likeness (QED) is 0.323. The SMILES string of the molecule is CCNC(=NCC(O)c1cc(OC)ccc1OC)NCCOc1ccc(C)cc1. The number of guanidine groups is 1. The largest absolute Gasteiger partial charge is 0.497 e. The second-order valence-corrected chi connectivity index (χ2v) is 6.43. The van der Waals surface area contributed by atoms with Gasteiger partial charge in [-0.2, -0.15) is 0 Å². The van der Waals surface area contributed by atoms with Crippen molar-refractivity contribution in [3.63, 3.8) is 0 Å². The van der Waals surface area contributed by atoms with Gasteiger partial charge in [-0.1, -0.05) is 17.7 Å². The number of rotatable bonds is 10. The van der Waals surface area contributed by atoms with E-state index in [-0.39, 0.29) is 6.54 Å². The predicted molar refractivity (Wildman–Crippen MR) is 115 cm³/mol. The van der Waals surface area contributed by atoms with Crippen molar-refractivity contribution < 1.29 is 19.3 Å². The zero-order chi connectivity index (χ0) is 21.1. The first-order valence-electron chi connectivity index (χ1n) is 9.69. The van der Waals surface area contributed by atoms with E-state index in [1.54, 1.807) is 32.4 Å². The van der Waals surface area contributed by atoms with E-state index >= 15 is 0 Å². The number of methoxy groups -OCH3 is 2. The molecule has 1 atom stereocenters. The Morgan fingerprint density at radius 2 is 1.76 bits per heavy atom. The lowest BCUT2D eigenvalue weighted by Gasteiger charge is -2.16. The number of nitrogens with one attached hydrogen (secondary N) is 2. The molecule has 2 aromatic carbocycles. The molecule has 0 saturated carbocycles. The third-order valence-electron chi connectivity index (χ3n) is 4.25. The van der Waals surface area contributed by atoms with Crippen LogP contribution in [0.25, 0.3) is 0 Å². The normalized spacial score (nSPS) is 12.2. The van der Waals surface area contributed by atoms with E-state index in [1.165, 1.54) is 5.56 Å². The molecule has 0 aliphatic carbocycles. The molecule has 0 aromatic heterocycles. The predicted octanol–water partition coefficient (Wildman–Crippen LogP) is 2.68. The Labute approximate surface area is 172 Å². The molecule has 0 spiro atoms. The van der Waals surface area contributed by atoms with Gasteiger partial charge in [0.25, 0.3) is 0 Å². The summed E-state index contributed by atoms with van der Waals surface area (Å²) in [5.41, 5.74) is 1.83. The minimum absolute atomic E-state index is 0.178. The zero-order valence-electron chi connectivity index (χ0n) is 17.6. The van der Waals surface area contributed by atoms with Crippen molar-refractivity contribution in [2.45, 2.75) is 20.0 Å². The first kappa shape index (κ1) is 22.4. The molecule has 7 heteroatoms. The summed E-state index contributed by atoms with van der Waals surface area (Å²) >= 11 is 0. The van der Waals surface area contributed by atoms with Crippen molar-refractivity contribution in [1.82, 2.24) is 10.6 Å². The number of aryl methyl sites for hydroxylation is 1. The second-order valence-electron chi connectivity index (χ2n) is 6.43. The highest BCUT2D eigenvalue weighted by Crippen LogP contribution is 2.29. The fraction of sp³-hybridized carbons (Fsp3) is 0.409. The molecule has 158 valence electrons. The van der Waals surface area contributed by atoms with E-state index in [1.807, 2.05) is 38.1 Å². The Kier molecular flexibility index (Phi) is 9.11. The van der Waals surface area contributed by atoms with Crippen molar-refractivity contribution >= 4 is 5.96 Å². The smallest absolute Gasteiger partial charge is 0.191 e. The number of hydrogen-bond acceptors (Lipinski definition) is 5. The van der Waals surface area contributed by atoms with Crippen LogP contribution in [0.1, 0.15) is 24.2 Å². The third kappa shape index (κ3) is 7.19. The van der Waals surface area contributed by atoms with Crippen molar-refractivity contribution in [2.75, 3.05) is 40.5 Å². The molecule has 3 N–H and O–H groups in total. The van der Waals surface area contributed by atoms with Gasteiger partial charge in [-0.3, -0.25) is 4.99 Å². The average molecular weight is 402 g/mol. The number of aliphatic imine (C=N–C) groups is 1. The van der Waals surface area contributed by atoms with Crippen LogP contribution in [0.5, 0.6) is 17.2 Å². The van der Waals surface area contributed by atoms with Crippen molar-refractivity contribution in [3.8, 4) is 17.2 Å². The standard InChI is InChI=1S/C22H31N3O4/c1-5-23-22(24-12-13-29-17-8-6-16(2)7-9-17)25-15-20(26)19-14-18(27-3)10-11-21(19)28-4/h6-11,14,20,26H,5,12-13,15H2,1-4H3,(H2,23,24,25). The van der Waals surface area contributed by atoms with Crippen LogP contribution in [0, 0.1) is 6.92 Å². The molecular weight excluding hydrogens is 370 g/mol. The maximum absolute atomic E-state index is 10.6. The van der Waals surface area contributed by atoms with Gasteiger partial charge in [0.2, 0.25) is 0 Å². The van der Waals surface area contributed by atoms with Crippen LogP contribution in [0.15, 0.2) is 47.5 Å². The number of aliphatic hydroxyl groups is 1. The van der Waals surface area contributed by atoms with E-state index in [4.69, 9.17) is 14.2 Å². The molecule has 0 heterocycles. The number of aliphatic hydroxyl groups excluding tert-OH is 1. The maximum Gasteiger partial charge on any atom is 0.191 e. The summed E-state index contributed by atoms with van der Waals surface area (Å²) in [5, 5.41) is 17.0. The summed E-state index contributed by atoms with van der Waals surface area (Å²) in [6.07, 6.45) is -0.820. The van der Waals surface area contributed by atoms with E-state index in [0.717, 1.165) is 5.75 Å². The van der Waals surface area contributed by atoms with Gasteiger partial charge >= 0.3 is 0 Å². The lowest BCUT2D eigenvalue weighted by molar-refractivity contribution is 0.182. The Hall–Kier alpha value is -2.93. The molecule has 0 amide bonds. The highest BCUT2D eigenvalue weighted by Gasteiger charge is 2.14. The van der Waals surface area contributed by atoms with Crippen LogP contribution in [0.2, 0.25) is 0 Å². The molecule has 0 aliphatic rings. The first-order valence-corrected chi connectivity index (χ1v) is 9.69. The van der Waals surface area contributed by atoms with Crippen LogP contribution in [0.3, 0.4) is 0 Å². The van der Waals surface area contributed by atoms with Gasteiger partial charge in [0.1, 0.15) is 30.0 Å². The van der Waals surface area contributed by atoms with Crippen LogP contribution >= 0.6 is 0 Å². The van der Waals surface area contributed by atoms with Gasteiger partial charge in [-0.15, -0.1) is 0 Å². The lowest BCUT2D eigenvalue weighted by atomic mass is 10.1. The number of ether oxygens (including phenoxy) is 3. The Balaban J connectivity index is 1.91. The maximum atomic E-state index is 10.6. The second kappa shape index (κ2) is 11.8. The van der Waals surface area contributed by atoms with Crippen LogP contribution in [-0.2, 0) is 0 Å². The Morgan fingerprint density at radius 1 is 1.03 bits per heavy atom. The summed E-state index contributed by atoms with van der Waals surface area (Å²) in [6, 6.07) is 13.3. The number of nitrogens with zero attached hydrogens (tertiary/aromatic N) is 1. The molecule has 0 bridgehead atoms. The molecule has 0 fully saturated rings. The molecule has 0 aliphatic heterocycles. The van der Waals surface area contributed by atoms with Gasteiger partial charge in [-0.25, -0.2) is 0 Å². The molecular formula is C22H31N3O4. The van der Waals surface area contributed by atoms with E-state index in [2.05, 4.69) is 15.6 Å². The zero-order valence-corrected chi connectivity index (χ0v) is 17.6. The molecule has 0 saturated heterocycles. The Bertz CT molecular complexity index is 778. The summed E-state index contributed by atoms with van der Waals surface area (Å²) in [6.45, 7) is 6.00. The molecule has 7 nitrogen and oxygen atoms in total. The van der Waals surface area contributed by atoms with Crippen LogP contribution in [0.4, 0.5) is 0 Å². The fourth-order valence-corrected chi connectivity index (χ4v) is 2.69. The molecule has 2 rings (SSSR count). The summed E-state index contributed by atoms with van der Waals surface area (Å²) in [4.78, 5) is 4.47. The molecule has 29 heavy (non-hydrogen) atoms. The Morgan fingerprint density at radius 3 is 2.41 bits per heavy atom. The van der Waals surface area contributed by atoms with E-state index < -0.39 is 6.10 Å². The third-order valence-corrected chi connectivity index (χ3v) is 4.25. The van der Waals surface area contributed by atoms with E-state index in [0.29, 0.717) is 42.7 Å². The highest BCUT2D eigenvalue weighted by molar-refractivity contribution is 5.79. The minimum atomic E-state index is -0.820. The monoisotopic (exact) mass is 401 g/mol. The molecule has 2 aromatic rings. The average Bonchev–Trinajstić information content (AvgIpc) is 2.75. The van der Waals surface area contributed by atoms with Gasteiger partial charge < -0.3 is 30.0 Å². The van der Waals surface area contributed by atoms with E-state index in [9.17, 15) is 5.11 Å². The minimum Gasteiger partial charge on any atom is -0.497 e. The molecule has 1 unspecified atom stereocenters. The molecule has 0 radical (unpaired) electrons. The van der Waals surface area contributed by atoms with Crippen molar-refractivity contribution in [1.29, 1.82) is 0 Å². The summed E-state index contributed by atoms with van der Waals surface area (Å²) in [5.74, 6) is 2.70. The topological polar surface area (TPSA) is 84.3 Å².